The monoisotopic (exact) mass is 332 g/mol. The number of carbonyl (C=O) groups excluding carboxylic acids is 1. The molecule has 0 atom stereocenters. The average Bonchev–Trinajstić information content (AvgIpc) is 3.10. The topological polar surface area (TPSA) is 67.3 Å². The molecule has 0 radical (unpaired) electrons. The zero-order chi connectivity index (χ0) is 16.1. The molecule has 0 saturated carbocycles. The highest BCUT2D eigenvalue weighted by molar-refractivity contribution is 7.08. The number of methoxy groups -OCH3 is 1. The van der Waals surface area contributed by atoms with Crippen molar-refractivity contribution in [1.82, 2.24) is 14.7 Å². The summed E-state index contributed by atoms with van der Waals surface area (Å²) in [7, 11) is 1.54. The Kier molecular flexibility index (Phi) is 5.07. The van der Waals surface area contributed by atoms with Gasteiger partial charge < -0.3 is 15.0 Å². The lowest BCUT2D eigenvalue weighted by atomic mass is 10.1. The van der Waals surface area contributed by atoms with E-state index in [4.69, 9.17) is 4.74 Å². The first-order chi connectivity index (χ1) is 11.3. The van der Waals surface area contributed by atoms with E-state index in [9.17, 15) is 4.79 Å². The molecule has 1 fully saturated rings. The van der Waals surface area contributed by atoms with Gasteiger partial charge in [-0.1, -0.05) is 6.07 Å². The van der Waals surface area contributed by atoms with Gasteiger partial charge in [0.2, 0.25) is 5.88 Å². The second-order valence-corrected chi connectivity index (χ2v) is 6.26. The minimum Gasteiger partial charge on any atom is -0.480 e. The van der Waals surface area contributed by atoms with Crippen LogP contribution in [0.25, 0.3) is 0 Å². The molecule has 0 aromatic carbocycles. The average molecular weight is 332 g/mol. The van der Waals surface area contributed by atoms with Crippen molar-refractivity contribution in [1.29, 1.82) is 0 Å². The Labute approximate surface area is 139 Å². The fourth-order valence-electron chi connectivity index (χ4n) is 2.68. The molecule has 7 heteroatoms. The summed E-state index contributed by atoms with van der Waals surface area (Å²) in [5.74, 6) is 1.31. The Bertz CT molecular complexity index is 668. The molecule has 0 unspecified atom stereocenters. The molecule has 6 nitrogen and oxygen atoms in total. The van der Waals surface area contributed by atoms with Crippen molar-refractivity contribution in [2.24, 2.45) is 0 Å². The van der Waals surface area contributed by atoms with Gasteiger partial charge in [0.1, 0.15) is 10.7 Å². The third kappa shape index (κ3) is 3.79. The number of amides is 1. The van der Waals surface area contributed by atoms with Crippen LogP contribution in [0.15, 0.2) is 24.4 Å². The Morgan fingerprint density at radius 3 is 2.96 bits per heavy atom. The SMILES string of the molecule is COc1cc(C(=O)NCc2cccnc2N2CCCCC2)sn1. The first kappa shape index (κ1) is 15.7. The van der Waals surface area contributed by atoms with Crippen LogP contribution in [-0.2, 0) is 6.54 Å². The number of pyridine rings is 1. The molecule has 1 N–H and O–H groups in total. The molecule has 122 valence electrons. The standard InChI is InChI=1S/C16H20N4O2S/c1-22-14-10-13(23-19-14)16(21)18-11-12-6-5-7-17-15(12)20-8-3-2-4-9-20/h5-7,10H,2-4,8-9,11H2,1H3,(H,18,21). The highest BCUT2D eigenvalue weighted by Crippen LogP contribution is 2.22. The lowest BCUT2D eigenvalue weighted by molar-refractivity contribution is 0.0955. The van der Waals surface area contributed by atoms with E-state index in [0.717, 1.165) is 36.0 Å². The predicted molar refractivity (Wildman–Crippen MR) is 90.1 cm³/mol. The van der Waals surface area contributed by atoms with Gasteiger partial charge in [0.25, 0.3) is 5.91 Å². The van der Waals surface area contributed by atoms with Crippen molar-refractivity contribution in [3.8, 4) is 5.88 Å². The van der Waals surface area contributed by atoms with Crippen LogP contribution in [0, 0.1) is 0 Å². The van der Waals surface area contributed by atoms with Gasteiger partial charge >= 0.3 is 0 Å². The minimum absolute atomic E-state index is 0.140. The summed E-state index contributed by atoms with van der Waals surface area (Å²) in [6.45, 7) is 2.52. The molecule has 3 heterocycles. The van der Waals surface area contributed by atoms with Gasteiger partial charge in [0.15, 0.2) is 0 Å². The van der Waals surface area contributed by atoms with Crippen molar-refractivity contribution >= 4 is 23.3 Å². The Morgan fingerprint density at radius 2 is 2.22 bits per heavy atom. The van der Waals surface area contributed by atoms with E-state index >= 15 is 0 Å². The van der Waals surface area contributed by atoms with Crippen LogP contribution in [0.5, 0.6) is 5.88 Å². The van der Waals surface area contributed by atoms with Gasteiger partial charge in [-0.2, -0.15) is 4.37 Å². The fraction of sp³-hybridized carbons (Fsp3) is 0.438. The smallest absolute Gasteiger partial charge is 0.263 e. The van der Waals surface area contributed by atoms with Gasteiger partial charge in [0, 0.05) is 37.5 Å². The summed E-state index contributed by atoms with van der Waals surface area (Å²) >= 11 is 1.14. The second kappa shape index (κ2) is 7.41. The van der Waals surface area contributed by atoms with Gasteiger partial charge in [-0.15, -0.1) is 0 Å². The van der Waals surface area contributed by atoms with Gasteiger partial charge in [0.05, 0.1) is 7.11 Å². The predicted octanol–water partition coefficient (Wildman–Crippen LogP) is 2.47. The number of aromatic nitrogens is 2. The van der Waals surface area contributed by atoms with Gasteiger partial charge in [-0.25, -0.2) is 4.98 Å². The van der Waals surface area contributed by atoms with E-state index in [-0.39, 0.29) is 5.91 Å². The Morgan fingerprint density at radius 1 is 1.39 bits per heavy atom. The first-order valence-corrected chi connectivity index (χ1v) is 8.53. The van der Waals surface area contributed by atoms with E-state index in [0.29, 0.717) is 17.3 Å². The molecule has 1 aliphatic rings. The number of hydrogen-bond donors (Lipinski definition) is 1. The van der Waals surface area contributed by atoms with E-state index in [1.54, 1.807) is 6.07 Å². The molecule has 2 aromatic heterocycles. The number of nitrogens with one attached hydrogen (secondary N) is 1. The number of anilines is 1. The molecule has 2 aromatic rings. The number of carbonyl (C=O) groups is 1. The summed E-state index contributed by atoms with van der Waals surface area (Å²) < 4.78 is 9.05. The van der Waals surface area contributed by atoms with Gasteiger partial charge in [-0.05, 0) is 36.9 Å². The van der Waals surface area contributed by atoms with Crippen LogP contribution in [0.2, 0.25) is 0 Å². The van der Waals surface area contributed by atoms with Crippen LogP contribution >= 0.6 is 11.5 Å². The highest BCUT2D eigenvalue weighted by atomic mass is 32.1. The van der Waals surface area contributed by atoms with Crippen molar-refractivity contribution in [3.05, 3.63) is 34.8 Å². The zero-order valence-electron chi connectivity index (χ0n) is 13.1. The van der Waals surface area contributed by atoms with E-state index < -0.39 is 0 Å². The summed E-state index contributed by atoms with van der Waals surface area (Å²) in [5.41, 5.74) is 1.04. The zero-order valence-corrected chi connectivity index (χ0v) is 13.9. The van der Waals surface area contributed by atoms with E-state index in [2.05, 4.69) is 19.6 Å². The maximum atomic E-state index is 12.2. The highest BCUT2D eigenvalue weighted by Gasteiger charge is 2.16. The second-order valence-electron chi connectivity index (χ2n) is 5.45. The van der Waals surface area contributed by atoms with Crippen LogP contribution < -0.4 is 15.0 Å². The van der Waals surface area contributed by atoms with Crippen LogP contribution in [0.1, 0.15) is 34.5 Å². The molecule has 1 amide bonds. The summed E-state index contributed by atoms with van der Waals surface area (Å²) in [5, 5.41) is 2.94. The largest absolute Gasteiger partial charge is 0.480 e. The van der Waals surface area contributed by atoms with Crippen molar-refractivity contribution in [2.45, 2.75) is 25.8 Å². The third-order valence-electron chi connectivity index (χ3n) is 3.88. The molecule has 0 aliphatic carbocycles. The normalized spacial score (nSPS) is 14.6. The number of ether oxygens (including phenoxy) is 1. The molecular weight excluding hydrogens is 312 g/mol. The molecule has 0 bridgehead atoms. The number of hydrogen-bond acceptors (Lipinski definition) is 6. The van der Waals surface area contributed by atoms with Crippen molar-refractivity contribution < 1.29 is 9.53 Å². The van der Waals surface area contributed by atoms with Gasteiger partial charge in [-0.3, -0.25) is 4.79 Å². The molecular formula is C16H20N4O2S. The summed E-state index contributed by atoms with van der Waals surface area (Å²) in [4.78, 5) is 19.6. The van der Waals surface area contributed by atoms with Crippen molar-refractivity contribution in [2.75, 3.05) is 25.1 Å². The summed E-state index contributed by atoms with van der Waals surface area (Å²) in [6.07, 6.45) is 5.48. The minimum atomic E-state index is -0.140. The Balaban J connectivity index is 1.66. The van der Waals surface area contributed by atoms with Crippen LogP contribution in [-0.4, -0.2) is 35.5 Å². The number of rotatable bonds is 5. The lowest BCUT2D eigenvalue weighted by Gasteiger charge is -2.29. The van der Waals surface area contributed by atoms with E-state index in [1.165, 1.54) is 26.4 Å². The van der Waals surface area contributed by atoms with Crippen LogP contribution in [0.3, 0.4) is 0 Å². The molecule has 0 spiro atoms. The quantitative estimate of drug-likeness (QED) is 0.911. The van der Waals surface area contributed by atoms with Crippen LogP contribution in [0.4, 0.5) is 5.82 Å². The maximum absolute atomic E-state index is 12.2. The number of nitrogens with zero attached hydrogens (tertiary/aromatic N) is 3. The van der Waals surface area contributed by atoms with Crippen molar-refractivity contribution in [3.63, 3.8) is 0 Å². The molecule has 1 saturated heterocycles. The fourth-order valence-corrected chi connectivity index (χ4v) is 3.31. The maximum Gasteiger partial charge on any atom is 0.263 e. The lowest BCUT2D eigenvalue weighted by Crippen LogP contribution is -2.32. The third-order valence-corrected chi connectivity index (χ3v) is 4.66. The molecule has 1 aliphatic heterocycles. The Hall–Kier alpha value is -2.15. The first-order valence-electron chi connectivity index (χ1n) is 7.75. The summed E-state index contributed by atoms with van der Waals surface area (Å²) in [6, 6.07) is 5.57. The molecule has 23 heavy (non-hydrogen) atoms. The number of piperidine rings is 1. The van der Waals surface area contributed by atoms with E-state index in [1.807, 2.05) is 18.3 Å². The molecule has 3 rings (SSSR count).